The van der Waals surface area contributed by atoms with Crippen molar-refractivity contribution in [1.29, 1.82) is 0 Å². The first-order valence-corrected chi connectivity index (χ1v) is 5.60. The number of rotatable bonds is 5. The molecule has 2 aromatic rings. The minimum atomic E-state index is 0.451. The Labute approximate surface area is 95.9 Å². The number of hydrogen-bond acceptors (Lipinski definition) is 2. The van der Waals surface area contributed by atoms with E-state index in [0.717, 1.165) is 18.8 Å². The van der Waals surface area contributed by atoms with E-state index in [9.17, 15) is 0 Å². The van der Waals surface area contributed by atoms with Crippen molar-refractivity contribution in [3.63, 3.8) is 0 Å². The monoisotopic (exact) mass is 215 g/mol. The number of aromatic amines is 1. The third-order valence-corrected chi connectivity index (χ3v) is 2.56. The van der Waals surface area contributed by atoms with Crippen LogP contribution in [-0.2, 0) is 13.0 Å². The first-order chi connectivity index (χ1) is 7.84. The molecular formula is C13H17N3. The quantitative estimate of drug-likeness (QED) is 0.802. The Morgan fingerprint density at radius 1 is 1.31 bits per heavy atom. The summed E-state index contributed by atoms with van der Waals surface area (Å²) in [6.07, 6.45) is 4.67. The molecule has 0 spiro atoms. The predicted octanol–water partition coefficient (Wildman–Crippen LogP) is 2.13. The van der Waals surface area contributed by atoms with Crippen LogP contribution in [0.5, 0.6) is 0 Å². The summed E-state index contributed by atoms with van der Waals surface area (Å²) >= 11 is 0. The highest BCUT2D eigenvalue weighted by molar-refractivity contribution is 5.15. The van der Waals surface area contributed by atoms with E-state index >= 15 is 0 Å². The Balaban J connectivity index is 1.78. The van der Waals surface area contributed by atoms with Crippen molar-refractivity contribution in [2.45, 2.75) is 25.9 Å². The summed E-state index contributed by atoms with van der Waals surface area (Å²) in [4.78, 5) is 7.26. The molecule has 0 aliphatic rings. The Morgan fingerprint density at radius 3 is 2.81 bits per heavy atom. The van der Waals surface area contributed by atoms with Crippen molar-refractivity contribution in [3.8, 4) is 0 Å². The molecule has 3 heteroatoms. The highest BCUT2D eigenvalue weighted by Crippen LogP contribution is 2.03. The second kappa shape index (κ2) is 5.47. The lowest BCUT2D eigenvalue weighted by Crippen LogP contribution is -2.27. The van der Waals surface area contributed by atoms with Gasteiger partial charge in [0.05, 0.1) is 6.54 Å². The van der Waals surface area contributed by atoms with Crippen molar-refractivity contribution in [2.24, 2.45) is 0 Å². The lowest BCUT2D eigenvalue weighted by Gasteiger charge is -2.12. The molecule has 0 amide bonds. The van der Waals surface area contributed by atoms with Gasteiger partial charge >= 0.3 is 0 Å². The molecule has 0 bridgehead atoms. The Bertz CT molecular complexity index is 394. The molecule has 1 aromatic carbocycles. The highest BCUT2D eigenvalue weighted by atomic mass is 15.0. The average molecular weight is 215 g/mol. The molecule has 0 saturated carbocycles. The zero-order valence-corrected chi connectivity index (χ0v) is 9.48. The van der Waals surface area contributed by atoms with Gasteiger partial charge in [-0.25, -0.2) is 4.98 Å². The fourth-order valence-electron chi connectivity index (χ4n) is 1.71. The maximum absolute atomic E-state index is 4.18. The molecule has 1 unspecified atom stereocenters. The van der Waals surface area contributed by atoms with E-state index in [1.165, 1.54) is 5.56 Å². The van der Waals surface area contributed by atoms with E-state index in [4.69, 9.17) is 0 Å². The summed E-state index contributed by atoms with van der Waals surface area (Å²) in [6, 6.07) is 11.0. The van der Waals surface area contributed by atoms with E-state index < -0.39 is 0 Å². The van der Waals surface area contributed by atoms with Crippen LogP contribution < -0.4 is 5.32 Å². The Hall–Kier alpha value is -1.61. The van der Waals surface area contributed by atoms with Gasteiger partial charge in [-0.05, 0) is 18.9 Å². The number of aromatic nitrogens is 2. The van der Waals surface area contributed by atoms with E-state index in [2.05, 4.69) is 46.5 Å². The number of imidazole rings is 1. The summed E-state index contributed by atoms with van der Waals surface area (Å²) in [7, 11) is 0. The molecule has 2 N–H and O–H groups in total. The summed E-state index contributed by atoms with van der Waals surface area (Å²) in [5.74, 6) is 0.986. The van der Waals surface area contributed by atoms with E-state index in [1.807, 2.05) is 12.3 Å². The highest BCUT2D eigenvalue weighted by Gasteiger charge is 2.03. The summed E-state index contributed by atoms with van der Waals surface area (Å²) in [5.41, 5.74) is 1.36. The van der Waals surface area contributed by atoms with Crippen LogP contribution in [0.25, 0.3) is 0 Å². The molecule has 0 aliphatic heterocycles. The van der Waals surface area contributed by atoms with Gasteiger partial charge in [0.25, 0.3) is 0 Å². The van der Waals surface area contributed by atoms with Crippen molar-refractivity contribution < 1.29 is 0 Å². The van der Waals surface area contributed by atoms with Gasteiger partial charge in [0, 0.05) is 18.4 Å². The fraction of sp³-hybridized carbons (Fsp3) is 0.308. The van der Waals surface area contributed by atoms with Crippen LogP contribution in [0.3, 0.4) is 0 Å². The number of nitrogens with zero attached hydrogens (tertiary/aromatic N) is 1. The van der Waals surface area contributed by atoms with Crippen LogP contribution in [0.4, 0.5) is 0 Å². The maximum atomic E-state index is 4.18. The zero-order chi connectivity index (χ0) is 11.2. The van der Waals surface area contributed by atoms with Gasteiger partial charge in [-0.15, -0.1) is 0 Å². The van der Waals surface area contributed by atoms with Crippen LogP contribution in [0.2, 0.25) is 0 Å². The molecule has 1 atom stereocenters. The molecule has 0 radical (unpaired) electrons. The summed E-state index contributed by atoms with van der Waals surface area (Å²) in [6.45, 7) is 2.98. The van der Waals surface area contributed by atoms with Crippen LogP contribution in [0.15, 0.2) is 42.7 Å². The first-order valence-electron chi connectivity index (χ1n) is 5.60. The average Bonchev–Trinajstić information content (AvgIpc) is 2.81. The van der Waals surface area contributed by atoms with Crippen LogP contribution in [0.1, 0.15) is 18.3 Å². The van der Waals surface area contributed by atoms with Crippen LogP contribution in [0, 0.1) is 0 Å². The minimum Gasteiger partial charge on any atom is -0.348 e. The lowest BCUT2D eigenvalue weighted by atomic mass is 10.1. The van der Waals surface area contributed by atoms with Gasteiger partial charge in [0.2, 0.25) is 0 Å². The molecule has 0 saturated heterocycles. The molecule has 16 heavy (non-hydrogen) atoms. The third-order valence-electron chi connectivity index (χ3n) is 2.56. The van der Waals surface area contributed by atoms with Gasteiger partial charge in [-0.3, -0.25) is 0 Å². The first kappa shape index (κ1) is 10.9. The summed E-state index contributed by atoms with van der Waals surface area (Å²) in [5, 5.41) is 3.44. The lowest BCUT2D eigenvalue weighted by molar-refractivity contribution is 0.535. The van der Waals surface area contributed by atoms with Crippen molar-refractivity contribution in [3.05, 3.63) is 54.1 Å². The summed E-state index contributed by atoms with van der Waals surface area (Å²) < 4.78 is 0. The normalized spacial score (nSPS) is 12.6. The topological polar surface area (TPSA) is 40.7 Å². The van der Waals surface area contributed by atoms with Crippen LogP contribution >= 0.6 is 0 Å². The van der Waals surface area contributed by atoms with Crippen LogP contribution in [-0.4, -0.2) is 16.0 Å². The molecule has 0 fully saturated rings. The Kier molecular flexibility index (Phi) is 3.72. The van der Waals surface area contributed by atoms with Gasteiger partial charge < -0.3 is 10.3 Å². The number of benzene rings is 1. The van der Waals surface area contributed by atoms with Crippen molar-refractivity contribution in [1.82, 2.24) is 15.3 Å². The zero-order valence-electron chi connectivity index (χ0n) is 9.48. The standard InChI is InChI=1S/C13H17N3/c1-11(9-12-5-3-2-4-6-12)16-10-13-14-7-8-15-13/h2-8,11,16H,9-10H2,1H3,(H,14,15). The molecule has 84 valence electrons. The van der Waals surface area contributed by atoms with E-state index in [0.29, 0.717) is 6.04 Å². The van der Waals surface area contributed by atoms with Crippen molar-refractivity contribution in [2.75, 3.05) is 0 Å². The predicted molar refractivity (Wildman–Crippen MR) is 65.0 cm³/mol. The number of H-pyrrole nitrogens is 1. The second-order valence-corrected chi connectivity index (χ2v) is 4.01. The van der Waals surface area contributed by atoms with Gasteiger partial charge in [-0.1, -0.05) is 30.3 Å². The minimum absolute atomic E-state index is 0.451. The SMILES string of the molecule is CC(Cc1ccccc1)NCc1ncc[nH]1. The number of hydrogen-bond donors (Lipinski definition) is 2. The molecular weight excluding hydrogens is 198 g/mol. The van der Waals surface area contributed by atoms with Gasteiger partial charge in [0.15, 0.2) is 0 Å². The molecule has 3 nitrogen and oxygen atoms in total. The van der Waals surface area contributed by atoms with E-state index in [1.54, 1.807) is 6.20 Å². The number of nitrogens with one attached hydrogen (secondary N) is 2. The second-order valence-electron chi connectivity index (χ2n) is 4.01. The molecule has 0 aliphatic carbocycles. The van der Waals surface area contributed by atoms with Crippen molar-refractivity contribution >= 4 is 0 Å². The maximum Gasteiger partial charge on any atom is 0.120 e. The third kappa shape index (κ3) is 3.21. The molecule has 1 aromatic heterocycles. The fourth-order valence-corrected chi connectivity index (χ4v) is 1.71. The Morgan fingerprint density at radius 2 is 2.12 bits per heavy atom. The van der Waals surface area contributed by atoms with Gasteiger partial charge in [0.1, 0.15) is 5.82 Å². The molecule has 1 heterocycles. The van der Waals surface area contributed by atoms with Gasteiger partial charge in [-0.2, -0.15) is 0 Å². The largest absolute Gasteiger partial charge is 0.348 e. The molecule has 2 rings (SSSR count). The smallest absolute Gasteiger partial charge is 0.120 e. The van der Waals surface area contributed by atoms with E-state index in [-0.39, 0.29) is 0 Å².